The first-order valence-electron chi connectivity index (χ1n) is 10.3. The molecule has 0 atom stereocenters. The second kappa shape index (κ2) is 9.75. The summed E-state index contributed by atoms with van der Waals surface area (Å²) in [5, 5.41) is 4.48. The van der Waals surface area contributed by atoms with E-state index in [2.05, 4.69) is 5.32 Å². The second-order valence-corrected chi connectivity index (χ2v) is 8.91. The molecule has 0 aliphatic heterocycles. The summed E-state index contributed by atoms with van der Waals surface area (Å²) in [6.45, 7) is 0. The molecule has 0 radical (unpaired) electrons. The molecule has 1 amide bonds. The molecule has 3 aromatic rings. The summed E-state index contributed by atoms with van der Waals surface area (Å²) in [7, 11) is 1.54. The maximum Gasteiger partial charge on any atom is 0.262 e. The number of carbonyl (C=O) groups is 1. The summed E-state index contributed by atoms with van der Waals surface area (Å²) >= 11 is 7.43. The predicted octanol–water partition coefficient (Wildman–Crippen LogP) is 5.29. The van der Waals surface area contributed by atoms with Gasteiger partial charge in [-0.15, -0.1) is 0 Å². The predicted molar refractivity (Wildman–Crippen MR) is 125 cm³/mol. The molecule has 0 bridgehead atoms. The number of benzene rings is 2. The van der Waals surface area contributed by atoms with Crippen LogP contribution in [0.5, 0.6) is 5.75 Å². The Balaban J connectivity index is 1.56. The van der Waals surface area contributed by atoms with Crippen LogP contribution in [0.4, 0.5) is 5.69 Å². The van der Waals surface area contributed by atoms with E-state index >= 15 is 0 Å². The standard InChI is InChI=1S/C23H24ClN3O3S/c1-30-20-12-11-15(13-18(20)24)25-21(28)14-31-23-26-19-10-6-5-9-17(19)22(29)27(23)16-7-3-2-4-8-16/h5-6,9-13,16H,2-4,7-8,14H2,1H3,(H,25,28). The maximum absolute atomic E-state index is 13.3. The van der Waals surface area contributed by atoms with Crippen molar-refractivity contribution in [3.63, 3.8) is 0 Å². The van der Waals surface area contributed by atoms with E-state index in [-0.39, 0.29) is 23.3 Å². The summed E-state index contributed by atoms with van der Waals surface area (Å²) in [5.41, 5.74) is 1.22. The smallest absolute Gasteiger partial charge is 0.262 e. The first-order valence-corrected chi connectivity index (χ1v) is 11.7. The lowest BCUT2D eigenvalue weighted by molar-refractivity contribution is -0.113. The van der Waals surface area contributed by atoms with Crippen molar-refractivity contribution in [3.05, 3.63) is 57.8 Å². The van der Waals surface area contributed by atoms with Crippen LogP contribution in [0.3, 0.4) is 0 Å². The maximum atomic E-state index is 13.3. The number of anilines is 1. The van der Waals surface area contributed by atoms with Gasteiger partial charge in [0.15, 0.2) is 5.16 Å². The third-order valence-electron chi connectivity index (χ3n) is 5.48. The zero-order valence-corrected chi connectivity index (χ0v) is 18.8. The number of hydrogen-bond acceptors (Lipinski definition) is 5. The number of para-hydroxylation sites is 1. The molecule has 4 rings (SSSR count). The third-order valence-corrected chi connectivity index (χ3v) is 6.73. The van der Waals surface area contributed by atoms with E-state index in [0.29, 0.717) is 32.5 Å². The highest BCUT2D eigenvalue weighted by atomic mass is 35.5. The first kappa shape index (κ1) is 21.7. The molecule has 1 saturated carbocycles. The van der Waals surface area contributed by atoms with Crippen molar-refractivity contribution in [2.45, 2.75) is 43.3 Å². The fourth-order valence-corrected chi connectivity index (χ4v) is 5.08. The first-order chi connectivity index (χ1) is 15.1. The van der Waals surface area contributed by atoms with Gasteiger partial charge in [-0.1, -0.05) is 54.8 Å². The van der Waals surface area contributed by atoms with Crippen LogP contribution in [0.1, 0.15) is 38.1 Å². The molecule has 1 aliphatic rings. The molecule has 162 valence electrons. The topological polar surface area (TPSA) is 73.2 Å². The number of hydrogen-bond donors (Lipinski definition) is 1. The molecule has 6 nitrogen and oxygen atoms in total. The van der Waals surface area contributed by atoms with Crippen LogP contribution >= 0.6 is 23.4 Å². The molecule has 0 saturated heterocycles. The minimum atomic E-state index is -0.191. The van der Waals surface area contributed by atoms with Crippen molar-refractivity contribution in [2.24, 2.45) is 0 Å². The number of fused-ring (bicyclic) bond motifs is 1. The van der Waals surface area contributed by atoms with E-state index in [1.807, 2.05) is 28.8 Å². The van der Waals surface area contributed by atoms with Crippen LogP contribution < -0.4 is 15.6 Å². The normalized spacial score (nSPS) is 14.5. The van der Waals surface area contributed by atoms with Crippen molar-refractivity contribution in [1.29, 1.82) is 0 Å². The zero-order chi connectivity index (χ0) is 21.8. The van der Waals surface area contributed by atoms with Gasteiger partial charge >= 0.3 is 0 Å². The molecule has 2 aromatic carbocycles. The monoisotopic (exact) mass is 457 g/mol. The van der Waals surface area contributed by atoms with Gasteiger partial charge in [-0.2, -0.15) is 0 Å². The van der Waals surface area contributed by atoms with Crippen molar-refractivity contribution < 1.29 is 9.53 Å². The van der Waals surface area contributed by atoms with Gasteiger partial charge in [0, 0.05) is 11.7 Å². The van der Waals surface area contributed by atoms with E-state index in [1.54, 1.807) is 25.3 Å². The second-order valence-electron chi connectivity index (χ2n) is 7.56. The summed E-state index contributed by atoms with van der Waals surface area (Å²) in [5.74, 6) is 0.496. The zero-order valence-electron chi connectivity index (χ0n) is 17.3. The molecule has 1 aliphatic carbocycles. The number of methoxy groups -OCH3 is 1. The fourth-order valence-electron chi connectivity index (χ4n) is 3.96. The van der Waals surface area contributed by atoms with Crippen LogP contribution in [0, 0.1) is 0 Å². The Kier molecular flexibility index (Phi) is 6.83. The van der Waals surface area contributed by atoms with Gasteiger partial charge in [-0.3, -0.25) is 14.2 Å². The Labute approximate surface area is 190 Å². The average Bonchev–Trinajstić information content (AvgIpc) is 2.78. The molecule has 0 unspecified atom stereocenters. The Morgan fingerprint density at radius 1 is 1.23 bits per heavy atom. The Morgan fingerprint density at radius 3 is 2.74 bits per heavy atom. The van der Waals surface area contributed by atoms with Gasteiger partial charge in [-0.25, -0.2) is 4.98 Å². The van der Waals surface area contributed by atoms with E-state index in [4.69, 9.17) is 21.3 Å². The van der Waals surface area contributed by atoms with E-state index in [9.17, 15) is 9.59 Å². The minimum absolute atomic E-state index is 0.0256. The van der Waals surface area contributed by atoms with Gasteiger partial charge in [0.05, 0.1) is 28.8 Å². The lowest BCUT2D eigenvalue weighted by Gasteiger charge is -2.26. The van der Waals surface area contributed by atoms with Gasteiger partial charge in [-0.05, 0) is 43.2 Å². The number of nitrogens with zero attached hydrogens (tertiary/aromatic N) is 2. The van der Waals surface area contributed by atoms with E-state index in [0.717, 1.165) is 25.7 Å². The number of thioether (sulfide) groups is 1. The molecular formula is C23H24ClN3O3S. The average molecular weight is 458 g/mol. The Hall–Kier alpha value is -2.51. The van der Waals surface area contributed by atoms with Gasteiger partial charge in [0.2, 0.25) is 5.91 Å². The lowest BCUT2D eigenvalue weighted by Crippen LogP contribution is -2.29. The number of nitrogens with one attached hydrogen (secondary N) is 1. The lowest BCUT2D eigenvalue weighted by atomic mass is 9.95. The number of aromatic nitrogens is 2. The number of carbonyl (C=O) groups excluding carboxylic acids is 1. The van der Waals surface area contributed by atoms with Crippen molar-refractivity contribution in [3.8, 4) is 5.75 Å². The molecule has 1 heterocycles. The number of halogens is 1. The number of amides is 1. The number of rotatable bonds is 6. The summed E-state index contributed by atoms with van der Waals surface area (Å²) < 4.78 is 6.95. The summed E-state index contributed by atoms with van der Waals surface area (Å²) in [6.07, 6.45) is 5.33. The quantitative estimate of drug-likeness (QED) is 0.402. The van der Waals surface area contributed by atoms with Crippen molar-refractivity contribution in [1.82, 2.24) is 9.55 Å². The minimum Gasteiger partial charge on any atom is -0.495 e. The van der Waals surface area contributed by atoms with Gasteiger partial charge in [0.25, 0.3) is 5.56 Å². The van der Waals surface area contributed by atoms with Crippen molar-refractivity contribution in [2.75, 3.05) is 18.2 Å². The van der Waals surface area contributed by atoms with Crippen LogP contribution in [0.2, 0.25) is 5.02 Å². The van der Waals surface area contributed by atoms with Crippen LogP contribution in [0.25, 0.3) is 10.9 Å². The van der Waals surface area contributed by atoms with E-state index < -0.39 is 0 Å². The third kappa shape index (κ3) is 4.88. The Morgan fingerprint density at radius 2 is 2.00 bits per heavy atom. The Bertz CT molecular complexity index is 1160. The van der Waals surface area contributed by atoms with E-state index in [1.165, 1.54) is 18.2 Å². The van der Waals surface area contributed by atoms with Crippen molar-refractivity contribution >= 4 is 45.9 Å². The highest BCUT2D eigenvalue weighted by Crippen LogP contribution is 2.31. The summed E-state index contributed by atoms with van der Waals surface area (Å²) in [4.78, 5) is 30.6. The number of ether oxygens (including phenoxy) is 1. The SMILES string of the molecule is COc1ccc(NC(=O)CSc2nc3ccccc3c(=O)n2C2CCCCC2)cc1Cl. The fraction of sp³-hybridized carbons (Fsp3) is 0.348. The molecular weight excluding hydrogens is 434 g/mol. The molecule has 31 heavy (non-hydrogen) atoms. The molecule has 1 N–H and O–H groups in total. The largest absolute Gasteiger partial charge is 0.495 e. The molecule has 1 fully saturated rings. The molecule has 0 spiro atoms. The highest BCUT2D eigenvalue weighted by molar-refractivity contribution is 7.99. The highest BCUT2D eigenvalue weighted by Gasteiger charge is 2.22. The van der Waals surface area contributed by atoms with Gasteiger partial charge < -0.3 is 10.1 Å². The van der Waals surface area contributed by atoms with Crippen LogP contribution in [0.15, 0.2) is 52.4 Å². The molecule has 8 heteroatoms. The van der Waals surface area contributed by atoms with Crippen LogP contribution in [-0.2, 0) is 4.79 Å². The van der Waals surface area contributed by atoms with Gasteiger partial charge in [0.1, 0.15) is 5.75 Å². The van der Waals surface area contributed by atoms with Crippen LogP contribution in [-0.4, -0.2) is 28.3 Å². The molecule has 1 aromatic heterocycles. The summed E-state index contributed by atoms with van der Waals surface area (Å²) in [6, 6.07) is 12.6.